The number of para-hydroxylation sites is 2. The van der Waals surface area contributed by atoms with Crippen LogP contribution in [0.4, 0.5) is 4.39 Å². The van der Waals surface area contributed by atoms with E-state index in [1.54, 1.807) is 18.2 Å². The monoisotopic (exact) mass is 397 g/mol. The molecule has 9 heteroatoms. The molecule has 0 bridgehead atoms. The normalized spacial score (nSPS) is 16.3. The quantitative estimate of drug-likeness (QED) is 0.745. The highest BCUT2D eigenvalue weighted by atomic mass is 32.2. The lowest BCUT2D eigenvalue weighted by Gasteiger charge is -2.29. The molecule has 2 aromatic rings. The molecule has 7 nitrogen and oxygen atoms in total. The number of fused-ring (bicyclic) bond motifs is 1. The van der Waals surface area contributed by atoms with Crippen LogP contribution in [0, 0.1) is 5.82 Å². The lowest BCUT2D eigenvalue weighted by atomic mass is 10.2. The Kier molecular flexibility index (Phi) is 5.43. The zero-order valence-corrected chi connectivity index (χ0v) is 16.0. The van der Waals surface area contributed by atoms with Gasteiger partial charge in [-0.2, -0.15) is 4.31 Å². The summed E-state index contributed by atoms with van der Waals surface area (Å²) in [6, 6.07) is 9.21. The van der Waals surface area contributed by atoms with Gasteiger partial charge in [0.05, 0.1) is 20.8 Å². The highest BCUT2D eigenvalue weighted by molar-refractivity contribution is 7.89. The third kappa shape index (κ3) is 3.79. The Labute approximate surface area is 157 Å². The summed E-state index contributed by atoms with van der Waals surface area (Å²) >= 11 is 0. The van der Waals surface area contributed by atoms with Gasteiger partial charge in [0.1, 0.15) is 23.4 Å². The van der Waals surface area contributed by atoms with Gasteiger partial charge in [0.15, 0.2) is 23.0 Å². The van der Waals surface area contributed by atoms with Crippen molar-refractivity contribution in [2.45, 2.75) is 11.0 Å². The minimum Gasteiger partial charge on any atom is -0.493 e. The van der Waals surface area contributed by atoms with Gasteiger partial charge in [-0.1, -0.05) is 12.1 Å². The van der Waals surface area contributed by atoms with E-state index >= 15 is 0 Å². The number of halogens is 1. The zero-order chi connectivity index (χ0) is 19.6. The van der Waals surface area contributed by atoms with Crippen molar-refractivity contribution in [3.8, 4) is 23.0 Å². The summed E-state index contributed by atoms with van der Waals surface area (Å²) in [5.41, 5.74) is 0. The molecule has 0 saturated heterocycles. The number of hydrogen-bond donors (Lipinski definition) is 0. The number of benzene rings is 2. The average molecular weight is 397 g/mol. The van der Waals surface area contributed by atoms with Gasteiger partial charge in [0.25, 0.3) is 0 Å². The lowest BCUT2D eigenvalue weighted by Crippen LogP contribution is -2.41. The third-order valence-electron chi connectivity index (χ3n) is 4.15. The molecule has 1 aliphatic heterocycles. The van der Waals surface area contributed by atoms with Crippen molar-refractivity contribution in [1.29, 1.82) is 0 Å². The van der Waals surface area contributed by atoms with Crippen LogP contribution in [0.2, 0.25) is 0 Å². The molecule has 3 rings (SSSR count). The molecular formula is C18H20FNO6S. The zero-order valence-electron chi connectivity index (χ0n) is 15.1. The van der Waals surface area contributed by atoms with Crippen LogP contribution in [-0.4, -0.2) is 53.2 Å². The smallest absolute Gasteiger partial charge is 0.246 e. The standard InChI is InChI=1S/C18H20FNO6S/c1-20(10-12-11-25-14-6-4-5-7-15(14)26-12)27(21,22)18-9-17(24-3)16(23-2)8-13(18)19/h4-9,12H,10-11H2,1-3H3. The molecule has 1 heterocycles. The summed E-state index contributed by atoms with van der Waals surface area (Å²) in [7, 11) is -0.0694. The van der Waals surface area contributed by atoms with E-state index in [-0.39, 0.29) is 24.7 Å². The minimum atomic E-state index is -4.12. The van der Waals surface area contributed by atoms with Crippen LogP contribution in [0.15, 0.2) is 41.3 Å². The molecule has 0 aliphatic carbocycles. The summed E-state index contributed by atoms with van der Waals surface area (Å²) < 4.78 is 62.5. The van der Waals surface area contributed by atoms with E-state index in [2.05, 4.69) is 0 Å². The largest absolute Gasteiger partial charge is 0.493 e. The maximum absolute atomic E-state index is 14.4. The number of ether oxygens (including phenoxy) is 4. The maximum Gasteiger partial charge on any atom is 0.246 e. The van der Waals surface area contributed by atoms with Crippen molar-refractivity contribution >= 4 is 10.0 Å². The predicted molar refractivity (Wildman–Crippen MR) is 95.7 cm³/mol. The number of nitrogens with zero attached hydrogens (tertiary/aromatic N) is 1. The second-order valence-electron chi connectivity index (χ2n) is 5.92. The highest BCUT2D eigenvalue weighted by Crippen LogP contribution is 2.34. The molecular weight excluding hydrogens is 377 g/mol. The van der Waals surface area contributed by atoms with Gasteiger partial charge < -0.3 is 18.9 Å². The number of sulfonamides is 1. The van der Waals surface area contributed by atoms with Crippen LogP contribution in [0.3, 0.4) is 0 Å². The van der Waals surface area contributed by atoms with Gasteiger partial charge in [-0.3, -0.25) is 0 Å². The molecule has 1 aliphatic rings. The Morgan fingerprint density at radius 1 is 1.15 bits per heavy atom. The first-order chi connectivity index (χ1) is 12.9. The number of hydrogen-bond acceptors (Lipinski definition) is 6. The molecule has 27 heavy (non-hydrogen) atoms. The van der Waals surface area contributed by atoms with Gasteiger partial charge in [0, 0.05) is 19.2 Å². The van der Waals surface area contributed by atoms with Gasteiger partial charge in [-0.15, -0.1) is 0 Å². The molecule has 2 aromatic carbocycles. The first-order valence-electron chi connectivity index (χ1n) is 8.13. The molecule has 0 radical (unpaired) electrons. The van der Waals surface area contributed by atoms with E-state index in [1.807, 2.05) is 6.07 Å². The Balaban J connectivity index is 1.81. The van der Waals surface area contributed by atoms with Crippen molar-refractivity contribution < 1.29 is 31.8 Å². The fraction of sp³-hybridized carbons (Fsp3) is 0.333. The SMILES string of the molecule is COc1cc(F)c(S(=O)(=O)N(C)CC2COc3ccccc3O2)cc1OC. The Hall–Kier alpha value is -2.52. The molecule has 1 atom stereocenters. The molecule has 0 spiro atoms. The van der Waals surface area contributed by atoms with E-state index in [4.69, 9.17) is 18.9 Å². The van der Waals surface area contributed by atoms with Crippen molar-refractivity contribution in [2.24, 2.45) is 0 Å². The molecule has 0 N–H and O–H groups in total. The van der Waals surface area contributed by atoms with E-state index in [0.717, 1.165) is 16.4 Å². The lowest BCUT2D eigenvalue weighted by molar-refractivity contribution is 0.0798. The number of methoxy groups -OCH3 is 2. The van der Waals surface area contributed by atoms with Crippen LogP contribution in [-0.2, 0) is 10.0 Å². The summed E-state index contributed by atoms with van der Waals surface area (Å²) in [5.74, 6) is 0.446. The maximum atomic E-state index is 14.4. The molecule has 0 fully saturated rings. The second-order valence-corrected chi connectivity index (χ2v) is 7.93. The van der Waals surface area contributed by atoms with Gasteiger partial charge >= 0.3 is 0 Å². The van der Waals surface area contributed by atoms with Crippen molar-refractivity contribution in [3.05, 3.63) is 42.2 Å². The van der Waals surface area contributed by atoms with E-state index in [1.165, 1.54) is 21.3 Å². The first-order valence-corrected chi connectivity index (χ1v) is 9.57. The van der Waals surface area contributed by atoms with Crippen LogP contribution < -0.4 is 18.9 Å². The summed E-state index contributed by atoms with van der Waals surface area (Å²) in [6.45, 7) is 0.176. The molecule has 0 amide bonds. The van der Waals surface area contributed by atoms with Crippen LogP contribution in [0.5, 0.6) is 23.0 Å². The van der Waals surface area contributed by atoms with Crippen molar-refractivity contribution in [3.63, 3.8) is 0 Å². The summed E-state index contributed by atoms with van der Waals surface area (Å²) in [4.78, 5) is -0.500. The number of rotatable bonds is 6. The fourth-order valence-electron chi connectivity index (χ4n) is 2.74. The average Bonchev–Trinajstić information content (AvgIpc) is 2.67. The summed E-state index contributed by atoms with van der Waals surface area (Å²) in [5, 5.41) is 0. The predicted octanol–water partition coefficient (Wildman–Crippen LogP) is 2.30. The molecule has 1 unspecified atom stereocenters. The van der Waals surface area contributed by atoms with Crippen LogP contribution in [0.1, 0.15) is 0 Å². The Morgan fingerprint density at radius 2 is 1.78 bits per heavy atom. The van der Waals surface area contributed by atoms with Crippen LogP contribution >= 0.6 is 0 Å². The third-order valence-corrected chi connectivity index (χ3v) is 5.99. The van der Waals surface area contributed by atoms with Gasteiger partial charge in [0.2, 0.25) is 10.0 Å². The topological polar surface area (TPSA) is 74.3 Å². The van der Waals surface area contributed by atoms with E-state index in [9.17, 15) is 12.8 Å². The van der Waals surface area contributed by atoms with Gasteiger partial charge in [-0.25, -0.2) is 12.8 Å². The Bertz CT molecular complexity index is 933. The Morgan fingerprint density at radius 3 is 2.44 bits per heavy atom. The van der Waals surface area contributed by atoms with Crippen LogP contribution in [0.25, 0.3) is 0 Å². The number of likely N-dealkylation sites (N-methyl/N-ethyl adjacent to an activating group) is 1. The molecule has 0 aromatic heterocycles. The first kappa shape index (κ1) is 19.2. The highest BCUT2D eigenvalue weighted by Gasteiger charge is 2.31. The summed E-state index contributed by atoms with van der Waals surface area (Å²) in [6.07, 6.45) is -0.525. The fourth-order valence-corrected chi connectivity index (χ4v) is 4.00. The molecule has 0 saturated carbocycles. The second kappa shape index (κ2) is 7.61. The molecule has 146 valence electrons. The minimum absolute atomic E-state index is 0.00947. The van der Waals surface area contributed by atoms with Crippen molar-refractivity contribution in [1.82, 2.24) is 4.31 Å². The van der Waals surface area contributed by atoms with E-state index in [0.29, 0.717) is 11.5 Å². The van der Waals surface area contributed by atoms with Crippen molar-refractivity contribution in [2.75, 3.05) is 34.4 Å². The van der Waals surface area contributed by atoms with E-state index < -0.39 is 26.8 Å². The van der Waals surface area contributed by atoms with Gasteiger partial charge in [-0.05, 0) is 12.1 Å².